The average molecular weight is 343 g/mol. The number of amides is 1. The number of halogens is 3. The first-order chi connectivity index (χ1) is 11.4. The van der Waals surface area contributed by atoms with Gasteiger partial charge in [0.2, 0.25) is 5.91 Å². The Morgan fingerprint density at radius 1 is 1.21 bits per heavy atom. The van der Waals surface area contributed by atoms with Gasteiger partial charge in [-0.2, -0.15) is 13.2 Å². The van der Waals surface area contributed by atoms with Crippen molar-refractivity contribution >= 4 is 5.91 Å². The van der Waals surface area contributed by atoms with Crippen LogP contribution in [0.4, 0.5) is 13.2 Å². The molecule has 1 aromatic rings. The minimum Gasteiger partial charge on any atom is -0.332 e. The van der Waals surface area contributed by atoms with E-state index >= 15 is 0 Å². The fraction of sp³-hybridized carbons (Fsp3) is 0.733. The highest BCUT2D eigenvalue weighted by atomic mass is 19.4. The summed E-state index contributed by atoms with van der Waals surface area (Å²) >= 11 is 0. The molecule has 0 aromatic carbocycles. The Bertz CT molecular complexity index is 644. The monoisotopic (exact) mass is 343 g/mol. The van der Waals surface area contributed by atoms with E-state index in [1.165, 1.54) is 4.57 Å². The summed E-state index contributed by atoms with van der Waals surface area (Å²) in [5, 5.41) is 0. The number of fused-ring (bicyclic) bond motifs is 2. The number of hydrogen-bond acceptors (Lipinski definition) is 4. The van der Waals surface area contributed by atoms with E-state index in [-0.39, 0.29) is 24.4 Å². The maximum atomic E-state index is 12.8. The second-order valence-electron chi connectivity index (χ2n) is 6.81. The van der Waals surface area contributed by atoms with Gasteiger partial charge in [-0.3, -0.25) is 10.2 Å². The Labute approximate surface area is 137 Å². The minimum absolute atomic E-state index is 0.0419. The number of imidazole rings is 1. The van der Waals surface area contributed by atoms with E-state index in [0.29, 0.717) is 25.0 Å². The first-order valence-electron chi connectivity index (χ1n) is 8.36. The Morgan fingerprint density at radius 3 is 2.79 bits per heavy atom. The van der Waals surface area contributed by atoms with Crippen LogP contribution in [0.1, 0.15) is 37.2 Å². The summed E-state index contributed by atoms with van der Waals surface area (Å²) in [6.07, 6.45) is 0.920. The molecule has 6 nitrogen and oxygen atoms in total. The predicted octanol–water partition coefficient (Wildman–Crippen LogP) is 1.28. The molecule has 2 aliphatic heterocycles. The van der Waals surface area contributed by atoms with Crippen LogP contribution in [0.5, 0.6) is 0 Å². The van der Waals surface area contributed by atoms with E-state index in [4.69, 9.17) is 0 Å². The number of rotatable bonds is 1. The molecule has 1 saturated carbocycles. The van der Waals surface area contributed by atoms with Crippen molar-refractivity contribution in [3.8, 4) is 0 Å². The molecule has 2 N–H and O–H groups in total. The number of hydrazine groups is 1. The van der Waals surface area contributed by atoms with Crippen LogP contribution in [0.2, 0.25) is 0 Å². The van der Waals surface area contributed by atoms with Crippen molar-refractivity contribution in [1.29, 1.82) is 0 Å². The van der Waals surface area contributed by atoms with Gasteiger partial charge in [0.25, 0.3) is 0 Å². The lowest BCUT2D eigenvalue weighted by Crippen LogP contribution is -2.50. The van der Waals surface area contributed by atoms with Crippen LogP contribution in [0.3, 0.4) is 0 Å². The van der Waals surface area contributed by atoms with E-state index in [0.717, 1.165) is 31.9 Å². The highest BCUT2D eigenvalue weighted by Crippen LogP contribution is 2.32. The van der Waals surface area contributed by atoms with Gasteiger partial charge in [-0.25, -0.2) is 10.4 Å². The number of carbonyl (C=O) groups excluding carboxylic acids is 1. The standard InChI is InChI=1S/C15H20F3N5O/c16-15(17,18)11-7-22-5-6-23(8-12(22)19-11)14(24)13-9-3-1-2-4-10(9)20-21-13/h7,9-10,13,20-21H,1-6,8H2. The number of aromatic nitrogens is 2. The molecule has 4 rings (SSSR count). The smallest absolute Gasteiger partial charge is 0.332 e. The van der Waals surface area contributed by atoms with E-state index in [1.807, 2.05) is 0 Å². The summed E-state index contributed by atoms with van der Waals surface area (Å²) in [4.78, 5) is 18.1. The fourth-order valence-corrected chi connectivity index (χ4v) is 4.06. The van der Waals surface area contributed by atoms with Crippen LogP contribution in [-0.4, -0.2) is 39.0 Å². The maximum absolute atomic E-state index is 12.8. The summed E-state index contributed by atoms with van der Waals surface area (Å²) in [6.45, 7) is 0.887. The van der Waals surface area contributed by atoms with Crippen molar-refractivity contribution in [3.05, 3.63) is 17.7 Å². The largest absolute Gasteiger partial charge is 0.434 e. The van der Waals surface area contributed by atoms with Crippen LogP contribution in [0.25, 0.3) is 0 Å². The normalized spacial score (nSPS) is 30.1. The Hall–Kier alpha value is -1.61. The maximum Gasteiger partial charge on any atom is 0.434 e. The minimum atomic E-state index is -4.45. The van der Waals surface area contributed by atoms with Crippen molar-refractivity contribution < 1.29 is 18.0 Å². The molecule has 9 heteroatoms. The summed E-state index contributed by atoms with van der Waals surface area (Å²) in [7, 11) is 0. The molecule has 2 fully saturated rings. The van der Waals surface area contributed by atoms with Gasteiger partial charge in [-0.05, 0) is 12.8 Å². The Balaban J connectivity index is 1.48. The topological polar surface area (TPSA) is 62.2 Å². The van der Waals surface area contributed by atoms with Gasteiger partial charge in [0.1, 0.15) is 11.9 Å². The molecular formula is C15H20F3N5O. The molecule has 1 saturated heterocycles. The molecule has 3 atom stereocenters. The molecule has 0 spiro atoms. The summed E-state index contributed by atoms with van der Waals surface area (Å²) in [5.41, 5.74) is 5.42. The SMILES string of the molecule is O=C(C1NNC2CCCCC21)N1CCn2cc(C(F)(F)F)nc2C1. The third-order valence-corrected chi connectivity index (χ3v) is 5.34. The average Bonchev–Trinajstić information content (AvgIpc) is 3.17. The van der Waals surface area contributed by atoms with Crippen LogP contribution in [0.15, 0.2) is 6.20 Å². The molecule has 132 valence electrons. The van der Waals surface area contributed by atoms with Crippen LogP contribution in [0, 0.1) is 5.92 Å². The summed E-state index contributed by atoms with van der Waals surface area (Å²) in [5.74, 6) is 0.520. The fourth-order valence-electron chi connectivity index (χ4n) is 4.06. The third-order valence-electron chi connectivity index (χ3n) is 5.34. The van der Waals surface area contributed by atoms with Crippen LogP contribution < -0.4 is 10.9 Å². The van der Waals surface area contributed by atoms with E-state index in [9.17, 15) is 18.0 Å². The number of hydrogen-bond donors (Lipinski definition) is 2. The van der Waals surface area contributed by atoms with Gasteiger partial charge in [-0.15, -0.1) is 0 Å². The predicted molar refractivity (Wildman–Crippen MR) is 78.5 cm³/mol. The van der Waals surface area contributed by atoms with Crippen molar-refractivity contribution in [2.24, 2.45) is 5.92 Å². The lowest BCUT2D eigenvalue weighted by molar-refractivity contribution is -0.141. The number of alkyl halides is 3. The number of carbonyl (C=O) groups is 1. The van der Waals surface area contributed by atoms with Crippen LogP contribution >= 0.6 is 0 Å². The van der Waals surface area contributed by atoms with Crippen molar-refractivity contribution in [2.45, 2.75) is 57.0 Å². The zero-order valence-electron chi connectivity index (χ0n) is 13.1. The molecule has 3 aliphatic rings. The molecule has 3 heterocycles. The number of nitrogens with one attached hydrogen (secondary N) is 2. The van der Waals surface area contributed by atoms with Gasteiger partial charge < -0.3 is 9.47 Å². The quantitative estimate of drug-likeness (QED) is 0.806. The van der Waals surface area contributed by atoms with Gasteiger partial charge in [0.15, 0.2) is 5.69 Å². The lowest BCUT2D eigenvalue weighted by Gasteiger charge is -2.32. The molecule has 0 radical (unpaired) electrons. The zero-order chi connectivity index (χ0) is 16.9. The molecule has 1 aliphatic carbocycles. The zero-order valence-corrected chi connectivity index (χ0v) is 13.1. The summed E-state index contributed by atoms with van der Waals surface area (Å²) in [6, 6.07) is 0.0233. The van der Waals surface area contributed by atoms with Crippen LogP contribution in [-0.2, 0) is 24.1 Å². The number of nitrogens with zero attached hydrogens (tertiary/aromatic N) is 3. The Morgan fingerprint density at radius 2 is 2.00 bits per heavy atom. The third kappa shape index (κ3) is 2.69. The summed E-state index contributed by atoms with van der Waals surface area (Å²) < 4.78 is 39.9. The lowest BCUT2D eigenvalue weighted by atomic mass is 9.81. The molecule has 1 aromatic heterocycles. The van der Waals surface area contributed by atoms with Crippen molar-refractivity contribution in [1.82, 2.24) is 25.3 Å². The molecule has 1 amide bonds. The first-order valence-corrected chi connectivity index (χ1v) is 8.36. The van der Waals surface area contributed by atoms with Gasteiger partial charge >= 0.3 is 6.18 Å². The van der Waals surface area contributed by atoms with E-state index in [1.54, 1.807) is 4.90 Å². The van der Waals surface area contributed by atoms with Crippen molar-refractivity contribution in [3.63, 3.8) is 0 Å². The van der Waals surface area contributed by atoms with Crippen molar-refractivity contribution in [2.75, 3.05) is 6.54 Å². The van der Waals surface area contributed by atoms with Gasteiger partial charge in [-0.1, -0.05) is 12.8 Å². The van der Waals surface area contributed by atoms with Gasteiger partial charge in [0, 0.05) is 31.2 Å². The van der Waals surface area contributed by atoms with Gasteiger partial charge in [0.05, 0.1) is 6.54 Å². The van der Waals surface area contributed by atoms with E-state index < -0.39 is 11.9 Å². The second kappa shape index (κ2) is 5.73. The second-order valence-corrected chi connectivity index (χ2v) is 6.81. The first kappa shape index (κ1) is 15.9. The van der Waals surface area contributed by atoms with E-state index in [2.05, 4.69) is 15.8 Å². The molecule has 3 unspecified atom stereocenters. The molecule has 24 heavy (non-hydrogen) atoms. The highest BCUT2D eigenvalue weighted by Gasteiger charge is 2.43. The molecular weight excluding hydrogens is 323 g/mol. The molecule has 0 bridgehead atoms. The Kier molecular flexibility index (Phi) is 3.80. The highest BCUT2D eigenvalue weighted by molar-refractivity contribution is 5.82.